The minimum Gasteiger partial charge on any atom is -0.480 e. The molecule has 27 heavy (non-hydrogen) atoms. The SMILES string of the molecule is CCCC[C@H](NC(=O)[C@@H]1CCCN1C(=O)[C@H](C)NC(=O)CN=[N+]=[N-])C(=O)O. The van der Waals surface area contributed by atoms with Crippen LogP contribution in [-0.2, 0) is 19.2 Å². The number of carbonyl (C=O) groups is 4. The highest BCUT2D eigenvalue weighted by atomic mass is 16.4. The Bertz CT molecular complexity index is 618. The predicted molar refractivity (Wildman–Crippen MR) is 95.4 cm³/mol. The predicted octanol–water partition coefficient (Wildman–Crippen LogP) is 0.552. The van der Waals surface area contributed by atoms with Crippen LogP contribution in [0.15, 0.2) is 5.11 Å². The van der Waals surface area contributed by atoms with Gasteiger partial charge in [0.1, 0.15) is 24.7 Å². The first-order valence-electron chi connectivity index (χ1n) is 8.95. The van der Waals surface area contributed by atoms with E-state index in [0.29, 0.717) is 32.2 Å². The van der Waals surface area contributed by atoms with Crippen molar-refractivity contribution in [2.75, 3.05) is 13.1 Å². The Hall–Kier alpha value is -2.81. The maximum atomic E-state index is 12.6. The Morgan fingerprint density at radius 1 is 1.33 bits per heavy atom. The molecule has 1 fully saturated rings. The first kappa shape index (κ1) is 22.2. The molecule has 0 saturated carbocycles. The summed E-state index contributed by atoms with van der Waals surface area (Å²) in [7, 11) is 0. The molecule has 3 amide bonds. The van der Waals surface area contributed by atoms with E-state index in [-0.39, 0.29) is 0 Å². The molecule has 3 N–H and O–H groups in total. The van der Waals surface area contributed by atoms with Crippen molar-refractivity contribution < 1.29 is 24.3 Å². The minimum atomic E-state index is -1.11. The first-order chi connectivity index (χ1) is 12.8. The van der Waals surface area contributed by atoms with E-state index in [1.54, 1.807) is 0 Å². The zero-order chi connectivity index (χ0) is 20.4. The molecule has 1 rings (SSSR count). The van der Waals surface area contributed by atoms with Crippen LogP contribution in [-0.4, -0.2) is 64.9 Å². The molecule has 0 bridgehead atoms. The fourth-order valence-corrected chi connectivity index (χ4v) is 2.93. The number of azide groups is 1. The van der Waals surface area contributed by atoms with E-state index in [2.05, 4.69) is 20.7 Å². The van der Waals surface area contributed by atoms with Crippen molar-refractivity contribution in [1.29, 1.82) is 0 Å². The van der Waals surface area contributed by atoms with Crippen molar-refractivity contribution in [3.63, 3.8) is 0 Å². The monoisotopic (exact) mass is 382 g/mol. The molecular formula is C16H26N6O5. The number of aliphatic carboxylic acids is 1. The molecule has 0 unspecified atom stereocenters. The summed E-state index contributed by atoms with van der Waals surface area (Å²) in [6.45, 7) is 3.33. The van der Waals surface area contributed by atoms with Gasteiger partial charge in [-0.25, -0.2) is 4.79 Å². The molecular weight excluding hydrogens is 356 g/mol. The van der Waals surface area contributed by atoms with E-state index in [1.165, 1.54) is 11.8 Å². The number of rotatable bonds is 10. The van der Waals surface area contributed by atoms with Gasteiger partial charge in [0.05, 0.1) is 0 Å². The zero-order valence-corrected chi connectivity index (χ0v) is 15.6. The third kappa shape index (κ3) is 6.78. The summed E-state index contributed by atoms with van der Waals surface area (Å²) in [5.41, 5.74) is 8.21. The number of nitrogens with one attached hydrogen (secondary N) is 2. The lowest BCUT2D eigenvalue weighted by atomic mass is 10.1. The van der Waals surface area contributed by atoms with Crippen molar-refractivity contribution in [3.8, 4) is 0 Å². The quantitative estimate of drug-likeness (QED) is 0.285. The number of carboxylic acids is 1. The Kier molecular flexibility index (Phi) is 9.07. The minimum absolute atomic E-state index is 0.324. The van der Waals surface area contributed by atoms with E-state index in [9.17, 15) is 24.3 Å². The standard InChI is InChI=1S/C16H26N6O5/c1-3-4-6-11(16(26)27)20-14(24)12-7-5-8-22(12)15(25)10(2)19-13(23)9-18-21-17/h10-12H,3-9H2,1-2H3,(H,19,23)(H,20,24)(H,26,27)/t10-,11-,12-/m0/s1. The molecule has 1 heterocycles. The van der Waals surface area contributed by atoms with E-state index in [1.807, 2.05) is 6.92 Å². The lowest BCUT2D eigenvalue weighted by molar-refractivity contribution is -0.144. The van der Waals surface area contributed by atoms with Crippen LogP contribution in [0.4, 0.5) is 0 Å². The molecule has 3 atom stereocenters. The molecule has 1 saturated heterocycles. The Balaban J connectivity index is 2.71. The van der Waals surface area contributed by atoms with Crippen LogP contribution in [0.2, 0.25) is 0 Å². The van der Waals surface area contributed by atoms with Crippen molar-refractivity contribution >= 4 is 23.7 Å². The Morgan fingerprint density at radius 2 is 2.04 bits per heavy atom. The van der Waals surface area contributed by atoms with Gasteiger partial charge in [-0.2, -0.15) is 0 Å². The third-order valence-electron chi connectivity index (χ3n) is 4.32. The Morgan fingerprint density at radius 3 is 2.63 bits per heavy atom. The molecule has 1 aliphatic rings. The number of likely N-dealkylation sites (tertiary alicyclic amines) is 1. The summed E-state index contributed by atoms with van der Waals surface area (Å²) in [5.74, 6) is -2.65. The smallest absolute Gasteiger partial charge is 0.326 e. The molecule has 0 aromatic carbocycles. The average Bonchev–Trinajstić information content (AvgIpc) is 3.12. The second kappa shape index (κ2) is 11.0. The topological polar surface area (TPSA) is 165 Å². The highest BCUT2D eigenvalue weighted by molar-refractivity contribution is 5.93. The third-order valence-corrected chi connectivity index (χ3v) is 4.32. The summed E-state index contributed by atoms with van der Waals surface area (Å²) < 4.78 is 0. The molecule has 1 aliphatic heterocycles. The van der Waals surface area contributed by atoms with Gasteiger partial charge in [-0.05, 0) is 31.7 Å². The summed E-state index contributed by atoms with van der Waals surface area (Å²) in [6.07, 6.45) is 2.83. The van der Waals surface area contributed by atoms with Crippen molar-refractivity contribution in [2.45, 2.75) is 64.1 Å². The van der Waals surface area contributed by atoms with Crippen LogP contribution in [0.25, 0.3) is 10.4 Å². The molecule has 150 valence electrons. The zero-order valence-electron chi connectivity index (χ0n) is 15.6. The molecule has 0 spiro atoms. The maximum Gasteiger partial charge on any atom is 0.326 e. The summed E-state index contributed by atoms with van der Waals surface area (Å²) in [6, 6.07) is -2.65. The normalized spacial score (nSPS) is 18.1. The highest BCUT2D eigenvalue weighted by Crippen LogP contribution is 2.19. The first-order valence-corrected chi connectivity index (χ1v) is 8.95. The second-order valence-corrected chi connectivity index (χ2v) is 6.41. The molecule has 0 radical (unpaired) electrons. The number of amides is 3. The molecule has 0 aliphatic carbocycles. The number of nitrogens with zero attached hydrogens (tertiary/aromatic N) is 4. The fourth-order valence-electron chi connectivity index (χ4n) is 2.93. The van der Waals surface area contributed by atoms with Crippen LogP contribution in [0.1, 0.15) is 46.0 Å². The van der Waals surface area contributed by atoms with E-state index >= 15 is 0 Å². The molecule has 11 heteroatoms. The van der Waals surface area contributed by atoms with Gasteiger partial charge in [-0.1, -0.05) is 24.9 Å². The van der Waals surface area contributed by atoms with Crippen molar-refractivity contribution in [2.24, 2.45) is 5.11 Å². The number of hydrogen-bond acceptors (Lipinski definition) is 5. The number of carbonyl (C=O) groups excluding carboxylic acids is 3. The fraction of sp³-hybridized carbons (Fsp3) is 0.750. The highest BCUT2D eigenvalue weighted by Gasteiger charge is 2.37. The van der Waals surface area contributed by atoms with Gasteiger partial charge in [0.2, 0.25) is 17.7 Å². The Labute approximate surface area is 157 Å². The van der Waals surface area contributed by atoms with Gasteiger partial charge >= 0.3 is 5.97 Å². The number of hydrogen-bond donors (Lipinski definition) is 3. The largest absolute Gasteiger partial charge is 0.480 e. The number of carboxylic acid groups (broad SMARTS) is 1. The maximum absolute atomic E-state index is 12.6. The van der Waals surface area contributed by atoms with Crippen LogP contribution < -0.4 is 10.6 Å². The van der Waals surface area contributed by atoms with E-state index < -0.39 is 48.4 Å². The lowest BCUT2D eigenvalue weighted by Crippen LogP contribution is -2.54. The summed E-state index contributed by atoms with van der Waals surface area (Å²) >= 11 is 0. The molecule has 0 aromatic rings. The summed E-state index contributed by atoms with van der Waals surface area (Å²) in [4.78, 5) is 51.8. The second-order valence-electron chi connectivity index (χ2n) is 6.41. The van der Waals surface area contributed by atoms with Crippen molar-refractivity contribution in [3.05, 3.63) is 10.4 Å². The number of unbranched alkanes of at least 4 members (excludes halogenated alkanes) is 1. The molecule has 0 aromatic heterocycles. The van der Waals surface area contributed by atoms with Gasteiger partial charge in [0.25, 0.3) is 0 Å². The van der Waals surface area contributed by atoms with Crippen LogP contribution >= 0.6 is 0 Å². The average molecular weight is 382 g/mol. The van der Waals surface area contributed by atoms with Gasteiger partial charge < -0.3 is 20.6 Å². The van der Waals surface area contributed by atoms with Crippen LogP contribution in [0, 0.1) is 0 Å². The van der Waals surface area contributed by atoms with Gasteiger partial charge in [0, 0.05) is 11.5 Å². The van der Waals surface area contributed by atoms with Gasteiger partial charge in [0.15, 0.2) is 0 Å². The molecule has 11 nitrogen and oxygen atoms in total. The summed E-state index contributed by atoms with van der Waals surface area (Å²) in [5, 5.41) is 17.3. The van der Waals surface area contributed by atoms with Crippen molar-refractivity contribution in [1.82, 2.24) is 15.5 Å². The van der Waals surface area contributed by atoms with Crippen LogP contribution in [0.3, 0.4) is 0 Å². The van der Waals surface area contributed by atoms with Gasteiger partial charge in [-0.3, -0.25) is 14.4 Å². The van der Waals surface area contributed by atoms with Gasteiger partial charge in [-0.15, -0.1) is 0 Å². The van der Waals surface area contributed by atoms with Crippen LogP contribution in [0.5, 0.6) is 0 Å². The lowest BCUT2D eigenvalue weighted by Gasteiger charge is -2.28. The van der Waals surface area contributed by atoms with E-state index in [0.717, 1.165) is 6.42 Å². The van der Waals surface area contributed by atoms with E-state index in [4.69, 9.17) is 5.53 Å².